The van der Waals surface area contributed by atoms with Gasteiger partial charge >= 0.3 is 6.03 Å². The predicted octanol–water partition coefficient (Wildman–Crippen LogP) is 3.68. The maximum absolute atomic E-state index is 13.0. The number of urea groups is 1. The lowest BCUT2D eigenvalue weighted by Crippen LogP contribution is -2.53. The zero-order valence-corrected chi connectivity index (χ0v) is 16.3. The van der Waals surface area contributed by atoms with Gasteiger partial charge in [-0.3, -0.25) is 4.79 Å². The number of carbonyl (C=O) groups is 2. The summed E-state index contributed by atoms with van der Waals surface area (Å²) in [6, 6.07) is 7.61. The monoisotopic (exact) mass is 369 g/mol. The minimum absolute atomic E-state index is 0.0690. The van der Waals surface area contributed by atoms with Gasteiger partial charge in [-0.1, -0.05) is 35.9 Å². The maximum atomic E-state index is 13.0. The van der Waals surface area contributed by atoms with E-state index in [0.717, 1.165) is 31.2 Å². The smallest absolute Gasteiger partial charge is 0.318 e. The second-order valence-electron chi connectivity index (χ2n) is 7.64. The average molecular weight is 370 g/mol. The van der Waals surface area contributed by atoms with E-state index in [0.29, 0.717) is 26.1 Å². The molecule has 0 unspecified atom stereocenters. The lowest BCUT2D eigenvalue weighted by Gasteiger charge is -2.29. The fourth-order valence-electron chi connectivity index (χ4n) is 3.81. The number of hydrogen-bond donors (Lipinski definition) is 2. The minimum atomic E-state index is -0.417. The molecule has 27 heavy (non-hydrogen) atoms. The molecule has 3 amide bonds. The topological polar surface area (TPSA) is 61.4 Å². The number of amides is 3. The molecule has 0 radical (unpaired) electrons. The zero-order valence-electron chi connectivity index (χ0n) is 16.3. The highest BCUT2D eigenvalue weighted by Gasteiger charge is 2.26. The molecule has 1 saturated heterocycles. The van der Waals surface area contributed by atoms with Crippen LogP contribution in [0.25, 0.3) is 0 Å². The Morgan fingerprint density at radius 3 is 2.85 bits per heavy atom. The molecule has 0 bridgehead atoms. The molecule has 5 heteroatoms. The molecule has 1 aliphatic heterocycles. The van der Waals surface area contributed by atoms with Crippen molar-refractivity contribution in [1.29, 1.82) is 0 Å². The van der Waals surface area contributed by atoms with E-state index < -0.39 is 6.04 Å². The Kier molecular flexibility index (Phi) is 6.91. The van der Waals surface area contributed by atoms with Gasteiger partial charge in [0.05, 0.1) is 0 Å². The van der Waals surface area contributed by atoms with Crippen molar-refractivity contribution in [2.45, 2.75) is 64.5 Å². The summed E-state index contributed by atoms with van der Waals surface area (Å²) in [6.07, 6.45) is 9.68. The van der Waals surface area contributed by atoms with Crippen molar-refractivity contribution in [3.05, 3.63) is 47.0 Å². The molecule has 1 aromatic rings. The van der Waals surface area contributed by atoms with Gasteiger partial charge in [0.15, 0.2) is 0 Å². The highest BCUT2D eigenvalue weighted by Crippen LogP contribution is 2.21. The van der Waals surface area contributed by atoms with Crippen molar-refractivity contribution in [2.75, 3.05) is 13.1 Å². The van der Waals surface area contributed by atoms with Gasteiger partial charge < -0.3 is 15.5 Å². The Morgan fingerprint density at radius 2 is 2.11 bits per heavy atom. The number of allylic oxidation sites excluding steroid dienone is 1. The first-order valence-corrected chi connectivity index (χ1v) is 10.2. The summed E-state index contributed by atoms with van der Waals surface area (Å²) < 4.78 is 0. The molecule has 1 fully saturated rings. The predicted molar refractivity (Wildman–Crippen MR) is 107 cm³/mol. The fourth-order valence-corrected chi connectivity index (χ4v) is 3.81. The van der Waals surface area contributed by atoms with Crippen molar-refractivity contribution in [3.63, 3.8) is 0 Å². The summed E-state index contributed by atoms with van der Waals surface area (Å²) in [5.41, 5.74) is 3.79. The van der Waals surface area contributed by atoms with Crippen LogP contribution >= 0.6 is 0 Å². The van der Waals surface area contributed by atoms with Gasteiger partial charge in [-0.05, 0) is 63.0 Å². The van der Waals surface area contributed by atoms with Crippen LogP contribution in [-0.2, 0) is 11.3 Å². The summed E-state index contributed by atoms with van der Waals surface area (Å²) in [4.78, 5) is 26.8. The van der Waals surface area contributed by atoms with Crippen LogP contribution in [0.15, 0.2) is 35.9 Å². The summed E-state index contributed by atoms with van der Waals surface area (Å²) in [6.45, 7) is 4.02. The number of nitrogens with zero attached hydrogens (tertiary/aromatic N) is 1. The first-order chi connectivity index (χ1) is 13.1. The molecule has 146 valence electrons. The minimum Gasteiger partial charge on any atom is -0.354 e. The van der Waals surface area contributed by atoms with Gasteiger partial charge in [0.2, 0.25) is 5.91 Å². The van der Waals surface area contributed by atoms with Gasteiger partial charge in [0, 0.05) is 19.6 Å². The average Bonchev–Trinajstić information content (AvgIpc) is 2.69. The van der Waals surface area contributed by atoms with Crippen molar-refractivity contribution in [1.82, 2.24) is 15.5 Å². The van der Waals surface area contributed by atoms with E-state index >= 15 is 0 Å². The Labute approximate surface area is 162 Å². The van der Waals surface area contributed by atoms with Crippen LogP contribution < -0.4 is 10.6 Å². The molecule has 2 aliphatic rings. The normalized spacial score (nSPS) is 19.8. The second-order valence-corrected chi connectivity index (χ2v) is 7.64. The third-order valence-electron chi connectivity index (χ3n) is 5.58. The van der Waals surface area contributed by atoms with Crippen molar-refractivity contribution in [3.8, 4) is 0 Å². The highest BCUT2D eigenvalue weighted by molar-refractivity contribution is 5.87. The van der Waals surface area contributed by atoms with E-state index in [-0.39, 0.29) is 11.9 Å². The second kappa shape index (κ2) is 9.58. The molecule has 0 saturated carbocycles. The summed E-state index contributed by atoms with van der Waals surface area (Å²) >= 11 is 0. The standard InChI is InChI=1S/C22H31N3O2/c1-17-8-5-6-11-19(17)16-25(15-13-18-9-3-2-4-10-18)22(27)24-20-12-7-14-23-21(20)26/h5-6,8-9,11,20H,2-4,7,10,12-16H2,1H3,(H,23,26)(H,24,27)/t20-/m0/s1. The Bertz CT molecular complexity index is 699. The number of nitrogens with one attached hydrogen (secondary N) is 2. The van der Waals surface area contributed by atoms with E-state index in [4.69, 9.17) is 0 Å². The lowest BCUT2D eigenvalue weighted by atomic mass is 9.97. The number of hydrogen-bond acceptors (Lipinski definition) is 2. The molecule has 1 aliphatic carbocycles. The Morgan fingerprint density at radius 1 is 1.26 bits per heavy atom. The van der Waals surface area contributed by atoms with Crippen LogP contribution in [0.5, 0.6) is 0 Å². The summed E-state index contributed by atoms with van der Waals surface area (Å²) in [5, 5.41) is 5.79. The van der Waals surface area contributed by atoms with Crippen LogP contribution in [-0.4, -0.2) is 36.0 Å². The van der Waals surface area contributed by atoms with Crippen LogP contribution in [0.1, 0.15) is 56.1 Å². The summed E-state index contributed by atoms with van der Waals surface area (Å²) in [7, 11) is 0. The fraction of sp³-hybridized carbons (Fsp3) is 0.545. The first-order valence-electron chi connectivity index (χ1n) is 10.2. The van der Waals surface area contributed by atoms with Gasteiger partial charge in [-0.2, -0.15) is 0 Å². The van der Waals surface area contributed by atoms with E-state index in [1.165, 1.54) is 24.0 Å². The Balaban J connectivity index is 1.67. The van der Waals surface area contributed by atoms with Gasteiger partial charge in [0.25, 0.3) is 0 Å². The van der Waals surface area contributed by atoms with Gasteiger partial charge in [0.1, 0.15) is 6.04 Å². The number of carbonyl (C=O) groups excluding carboxylic acids is 2. The van der Waals surface area contributed by atoms with Crippen LogP contribution in [0.3, 0.4) is 0 Å². The third-order valence-corrected chi connectivity index (χ3v) is 5.58. The molecule has 0 spiro atoms. The van der Waals surface area contributed by atoms with E-state index in [1.54, 1.807) is 0 Å². The number of benzene rings is 1. The zero-order chi connectivity index (χ0) is 19.1. The van der Waals surface area contributed by atoms with Crippen LogP contribution in [0.4, 0.5) is 4.79 Å². The van der Waals surface area contributed by atoms with Gasteiger partial charge in [-0.15, -0.1) is 0 Å². The number of aryl methyl sites for hydroxylation is 1. The molecular formula is C22H31N3O2. The number of rotatable bonds is 6. The molecule has 1 aromatic carbocycles. The van der Waals surface area contributed by atoms with E-state index in [9.17, 15) is 9.59 Å². The van der Waals surface area contributed by atoms with Crippen molar-refractivity contribution < 1.29 is 9.59 Å². The molecule has 0 aromatic heterocycles. The van der Waals surface area contributed by atoms with E-state index in [1.807, 2.05) is 17.0 Å². The number of piperidine rings is 1. The molecule has 2 N–H and O–H groups in total. The van der Waals surface area contributed by atoms with Gasteiger partial charge in [-0.25, -0.2) is 4.79 Å². The molecule has 3 rings (SSSR count). The largest absolute Gasteiger partial charge is 0.354 e. The van der Waals surface area contributed by atoms with Crippen molar-refractivity contribution >= 4 is 11.9 Å². The molecule has 5 nitrogen and oxygen atoms in total. The third kappa shape index (κ3) is 5.59. The molecule has 1 heterocycles. The summed E-state index contributed by atoms with van der Waals surface area (Å²) in [5.74, 6) is -0.0690. The maximum Gasteiger partial charge on any atom is 0.318 e. The van der Waals surface area contributed by atoms with Crippen LogP contribution in [0.2, 0.25) is 0 Å². The quantitative estimate of drug-likeness (QED) is 0.752. The van der Waals surface area contributed by atoms with E-state index in [2.05, 4.69) is 35.8 Å². The SMILES string of the molecule is Cc1ccccc1CN(CCC1=CCCCC1)C(=O)N[C@H]1CCCNC1=O. The highest BCUT2D eigenvalue weighted by atomic mass is 16.2. The lowest BCUT2D eigenvalue weighted by molar-refractivity contribution is -0.124. The molecular weight excluding hydrogens is 338 g/mol. The Hall–Kier alpha value is -2.30. The van der Waals surface area contributed by atoms with Crippen LogP contribution in [0, 0.1) is 6.92 Å². The van der Waals surface area contributed by atoms with Crippen molar-refractivity contribution in [2.24, 2.45) is 0 Å². The first kappa shape index (κ1) is 19.5. The molecule has 1 atom stereocenters.